The minimum absolute atomic E-state index is 0.0208. The number of ketones is 1. The molecule has 150 valence electrons. The Bertz CT molecular complexity index is 874. The van der Waals surface area contributed by atoms with Crippen LogP contribution in [0.15, 0.2) is 5.38 Å². The van der Waals surface area contributed by atoms with E-state index in [9.17, 15) is 29.1 Å². The third kappa shape index (κ3) is 3.47. The molecule has 3 amide bonds. The van der Waals surface area contributed by atoms with Crippen LogP contribution in [-0.4, -0.2) is 75.0 Å². The molecule has 1 aromatic heterocycles. The summed E-state index contributed by atoms with van der Waals surface area (Å²) in [4.78, 5) is 64.0. The predicted octanol–water partition coefficient (Wildman–Crippen LogP) is -1.53. The quantitative estimate of drug-likeness (QED) is 0.234. The molecule has 1 aromatic rings. The molecule has 0 saturated carbocycles. The number of hydrogen-bond donors (Lipinski definition) is 4. The smallest absolute Gasteiger partial charge is 0.404 e. The molecule has 28 heavy (non-hydrogen) atoms. The topological polar surface area (TPSA) is 195 Å². The van der Waals surface area contributed by atoms with Crippen LogP contribution >= 0.6 is 23.1 Å². The monoisotopic (exact) mass is 429 g/mol. The maximum absolute atomic E-state index is 12.4. The molecule has 3 heterocycles. The van der Waals surface area contributed by atoms with Crippen LogP contribution in [0.5, 0.6) is 0 Å². The van der Waals surface area contributed by atoms with Gasteiger partial charge in [-0.15, -0.1) is 23.1 Å². The molecule has 3 atom stereocenters. The summed E-state index contributed by atoms with van der Waals surface area (Å²) < 4.78 is 4.64. The van der Waals surface area contributed by atoms with Gasteiger partial charge in [0.25, 0.3) is 11.7 Å². The van der Waals surface area contributed by atoms with Gasteiger partial charge < -0.3 is 31.5 Å². The van der Waals surface area contributed by atoms with Gasteiger partial charge >= 0.3 is 12.1 Å². The number of nitrogens with zero attached hydrogens (tertiary/aromatic N) is 2. The molecule has 0 aromatic carbocycles. The first-order valence-electron chi connectivity index (χ1n) is 7.78. The molecule has 0 aliphatic carbocycles. The van der Waals surface area contributed by atoms with Gasteiger partial charge in [-0.1, -0.05) is 0 Å². The molecule has 0 radical (unpaired) electrons. The Morgan fingerprint density at radius 1 is 1.43 bits per heavy atom. The minimum Gasteiger partial charge on any atom is -0.481 e. The van der Waals surface area contributed by atoms with Crippen molar-refractivity contribution in [3.05, 3.63) is 11.1 Å². The molecule has 2 fully saturated rings. The van der Waals surface area contributed by atoms with E-state index < -0.39 is 53.1 Å². The second-order valence-corrected chi connectivity index (χ2v) is 8.21. The number of primary amides is 1. The predicted molar refractivity (Wildman–Crippen MR) is 96.4 cm³/mol. The molecule has 0 spiro atoms. The standard InChI is InChI=1S/C14H15N5O7S2/c15-12-17-5(1-27-12)7(20)8(21)18-6-9(22)19-2-14(11(23)24,3-26-13(16)25)4-28-10(6)19/h1,6,10H,2-4H2,(H2,15,17)(H2,16,25)(H,18,21)(H,23,24)/t6?,10-,14?/m1/s1. The number of fused-ring (bicyclic) bond motifs is 1. The van der Waals surface area contributed by atoms with E-state index in [-0.39, 0.29) is 23.1 Å². The number of rotatable bonds is 6. The molecule has 0 bridgehead atoms. The van der Waals surface area contributed by atoms with Gasteiger partial charge in [0.2, 0.25) is 5.91 Å². The van der Waals surface area contributed by atoms with Crippen LogP contribution in [0.1, 0.15) is 10.5 Å². The number of anilines is 1. The van der Waals surface area contributed by atoms with Gasteiger partial charge in [0.05, 0.1) is 0 Å². The first kappa shape index (κ1) is 19.9. The molecule has 12 nitrogen and oxygen atoms in total. The lowest BCUT2D eigenvalue weighted by atomic mass is 9.88. The van der Waals surface area contributed by atoms with E-state index in [1.807, 2.05) is 0 Å². The van der Waals surface area contributed by atoms with Gasteiger partial charge in [0, 0.05) is 17.7 Å². The highest BCUT2D eigenvalue weighted by atomic mass is 32.2. The number of thiazole rings is 1. The number of amides is 3. The number of carbonyl (C=O) groups excluding carboxylic acids is 4. The number of aromatic nitrogens is 1. The van der Waals surface area contributed by atoms with E-state index in [2.05, 4.69) is 15.0 Å². The summed E-state index contributed by atoms with van der Waals surface area (Å²) in [5, 5.41) is 12.8. The van der Waals surface area contributed by atoms with E-state index in [4.69, 9.17) is 11.5 Å². The Morgan fingerprint density at radius 3 is 2.71 bits per heavy atom. The van der Waals surface area contributed by atoms with Gasteiger partial charge in [0.1, 0.15) is 29.1 Å². The molecule has 2 saturated heterocycles. The summed E-state index contributed by atoms with van der Waals surface area (Å²) in [6.07, 6.45) is -1.12. The van der Waals surface area contributed by atoms with Crippen LogP contribution in [-0.2, 0) is 19.1 Å². The van der Waals surface area contributed by atoms with Crippen molar-refractivity contribution in [2.75, 3.05) is 24.6 Å². The van der Waals surface area contributed by atoms with Crippen LogP contribution < -0.4 is 16.8 Å². The molecule has 2 aliphatic rings. The molecule has 3 rings (SSSR count). The third-order valence-electron chi connectivity index (χ3n) is 4.34. The van der Waals surface area contributed by atoms with Crippen molar-refractivity contribution in [1.29, 1.82) is 0 Å². The Morgan fingerprint density at radius 2 is 2.14 bits per heavy atom. The summed E-state index contributed by atoms with van der Waals surface area (Å²) in [7, 11) is 0. The maximum Gasteiger partial charge on any atom is 0.404 e. The van der Waals surface area contributed by atoms with Gasteiger partial charge in [-0.2, -0.15) is 0 Å². The van der Waals surface area contributed by atoms with E-state index in [0.29, 0.717) is 0 Å². The number of carboxylic acid groups (broad SMARTS) is 1. The largest absolute Gasteiger partial charge is 0.481 e. The van der Waals surface area contributed by atoms with E-state index in [1.165, 1.54) is 10.3 Å². The number of hydrogen-bond acceptors (Lipinski definition) is 10. The highest BCUT2D eigenvalue weighted by molar-refractivity contribution is 8.00. The maximum atomic E-state index is 12.4. The Balaban J connectivity index is 1.64. The number of carboxylic acids is 1. The first-order chi connectivity index (χ1) is 13.1. The van der Waals surface area contributed by atoms with Crippen LogP contribution in [0, 0.1) is 5.41 Å². The zero-order chi connectivity index (χ0) is 20.6. The number of β-lactam (4-membered cyclic amide) rings is 1. The summed E-state index contributed by atoms with van der Waals surface area (Å²) in [6.45, 7) is -0.697. The SMILES string of the molecule is NC(=O)OCC1(C(=O)O)CS[C@@H]2C(NC(=O)C(=O)c3csc(N)n3)C(=O)N2C1. The average molecular weight is 429 g/mol. The number of nitrogens with one attached hydrogen (secondary N) is 1. The summed E-state index contributed by atoms with van der Waals surface area (Å²) in [5.74, 6) is -3.68. The molecule has 6 N–H and O–H groups in total. The Kier molecular flexibility index (Phi) is 5.16. The highest BCUT2D eigenvalue weighted by Gasteiger charge is 2.58. The Labute approximate surface area is 165 Å². The van der Waals surface area contributed by atoms with Crippen molar-refractivity contribution in [2.45, 2.75) is 11.4 Å². The number of Topliss-reactive ketones (excluding diaryl/α,β-unsaturated/α-hetero) is 1. The number of aliphatic carboxylic acids is 1. The van der Waals surface area contributed by atoms with Crippen molar-refractivity contribution in [3.63, 3.8) is 0 Å². The molecule has 2 unspecified atom stereocenters. The van der Waals surface area contributed by atoms with Crippen LogP contribution in [0.2, 0.25) is 0 Å². The van der Waals surface area contributed by atoms with Crippen molar-refractivity contribution in [3.8, 4) is 0 Å². The number of nitrogen functional groups attached to an aromatic ring is 1. The van der Waals surface area contributed by atoms with Gasteiger partial charge in [-0.25, -0.2) is 9.78 Å². The highest BCUT2D eigenvalue weighted by Crippen LogP contribution is 2.42. The lowest BCUT2D eigenvalue weighted by Crippen LogP contribution is -2.74. The number of nitrogens with two attached hydrogens (primary N) is 2. The normalized spacial score (nSPS) is 26.0. The fraction of sp³-hybridized carbons (Fsp3) is 0.429. The van der Waals surface area contributed by atoms with Crippen LogP contribution in [0.25, 0.3) is 0 Å². The van der Waals surface area contributed by atoms with Gasteiger partial charge in [0.15, 0.2) is 5.13 Å². The number of ether oxygens (including phenoxy) is 1. The fourth-order valence-electron chi connectivity index (χ4n) is 2.83. The number of carbonyl (C=O) groups is 5. The Hall–Kier alpha value is -2.87. The van der Waals surface area contributed by atoms with Gasteiger partial charge in [-0.05, 0) is 0 Å². The lowest BCUT2D eigenvalue weighted by molar-refractivity contribution is -0.160. The summed E-state index contributed by atoms with van der Waals surface area (Å²) in [6, 6.07) is -0.971. The second-order valence-electron chi connectivity index (χ2n) is 6.21. The van der Waals surface area contributed by atoms with E-state index >= 15 is 0 Å². The van der Waals surface area contributed by atoms with Gasteiger partial charge in [-0.3, -0.25) is 19.2 Å². The first-order valence-corrected chi connectivity index (χ1v) is 9.71. The van der Waals surface area contributed by atoms with Crippen LogP contribution in [0.4, 0.5) is 9.93 Å². The summed E-state index contributed by atoms with van der Waals surface area (Å²) >= 11 is 2.10. The zero-order valence-corrected chi connectivity index (χ0v) is 15.7. The van der Waals surface area contributed by atoms with Crippen molar-refractivity contribution in [2.24, 2.45) is 11.1 Å². The molecular formula is C14H15N5O7S2. The lowest BCUT2D eigenvalue weighted by Gasteiger charge is -2.53. The summed E-state index contributed by atoms with van der Waals surface area (Å²) in [5.41, 5.74) is 8.70. The minimum atomic E-state index is -1.51. The van der Waals surface area contributed by atoms with E-state index in [0.717, 1.165) is 23.1 Å². The molecule has 14 heteroatoms. The number of thioether (sulfide) groups is 1. The second kappa shape index (κ2) is 7.27. The van der Waals surface area contributed by atoms with Crippen LogP contribution in [0.3, 0.4) is 0 Å². The fourth-order valence-corrected chi connectivity index (χ4v) is 4.90. The van der Waals surface area contributed by atoms with Crippen molar-refractivity contribution < 1.29 is 33.8 Å². The molecule has 2 aliphatic heterocycles. The van der Waals surface area contributed by atoms with Crippen molar-refractivity contribution >= 4 is 57.9 Å². The zero-order valence-electron chi connectivity index (χ0n) is 14.1. The third-order valence-corrected chi connectivity index (χ3v) is 6.60. The van der Waals surface area contributed by atoms with E-state index in [1.54, 1.807) is 0 Å². The van der Waals surface area contributed by atoms with Crippen molar-refractivity contribution in [1.82, 2.24) is 15.2 Å². The average Bonchev–Trinajstić information content (AvgIpc) is 3.09. The molecular weight excluding hydrogens is 414 g/mol.